The maximum Gasteiger partial charge on any atom is 0.251 e. The molecule has 0 saturated heterocycles. The van der Waals surface area contributed by atoms with Gasteiger partial charge < -0.3 is 0 Å². The highest BCUT2D eigenvalue weighted by Gasteiger charge is 2.06. The molecule has 98 valence electrons. The zero-order chi connectivity index (χ0) is 13.9. The Bertz CT molecular complexity index is 850. The molecule has 0 aliphatic heterocycles. The Morgan fingerprint density at radius 1 is 0.900 bits per heavy atom. The molecule has 1 N–H and O–H groups in total. The first-order valence-electron chi connectivity index (χ1n) is 6.22. The van der Waals surface area contributed by atoms with Gasteiger partial charge >= 0.3 is 0 Å². The van der Waals surface area contributed by atoms with Crippen molar-refractivity contribution >= 4 is 12.2 Å². The van der Waals surface area contributed by atoms with Gasteiger partial charge in [-0.15, -0.1) is 0 Å². The van der Waals surface area contributed by atoms with Crippen LogP contribution in [0.4, 0.5) is 0 Å². The monoisotopic (exact) mass is 280 g/mol. The summed E-state index contributed by atoms with van der Waals surface area (Å²) in [6.45, 7) is 0. The molecular weight excluding hydrogens is 268 g/mol. The highest BCUT2D eigenvalue weighted by Crippen LogP contribution is 2.26. The molecule has 0 spiro atoms. The topological polar surface area (TPSA) is 37.8 Å². The van der Waals surface area contributed by atoms with Gasteiger partial charge in [0.15, 0.2) is 4.77 Å². The number of aromatic nitrogens is 2. The maximum atomic E-state index is 11.3. The van der Waals surface area contributed by atoms with E-state index in [4.69, 9.17) is 12.2 Å². The minimum atomic E-state index is -0.191. The maximum absolute atomic E-state index is 11.3. The van der Waals surface area contributed by atoms with E-state index in [0.717, 1.165) is 16.8 Å². The zero-order valence-electron chi connectivity index (χ0n) is 10.6. The van der Waals surface area contributed by atoms with E-state index in [0.29, 0.717) is 4.77 Å². The van der Waals surface area contributed by atoms with Crippen LogP contribution in [-0.2, 0) is 0 Å². The first kappa shape index (κ1) is 12.6. The summed E-state index contributed by atoms with van der Waals surface area (Å²) in [5.41, 5.74) is 2.93. The van der Waals surface area contributed by atoms with Crippen LogP contribution in [0.5, 0.6) is 0 Å². The van der Waals surface area contributed by atoms with E-state index in [2.05, 4.69) is 4.98 Å². The Morgan fingerprint density at radius 3 is 2.35 bits per heavy atom. The van der Waals surface area contributed by atoms with Crippen LogP contribution in [0.2, 0.25) is 0 Å². The largest absolute Gasteiger partial charge is 0.299 e. The van der Waals surface area contributed by atoms with Crippen LogP contribution >= 0.6 is 12.2 Å². The Balaban J connectivity index is 2.25. The van der Waals surface area contributed by atoms with Gasteiger partial charge in [-0.05, 0) is 23.8 Å². The molecule has 3 nitrogen and oxygen atoms in total. The van der Waals surface area contributed by atoms with Crippen molar-refractivity contribution < 1.29 is 0 Å². The molecule has 0 saturated carbocycles. The predicted molar refractivity (Wildman–Crippen MR) is 82.7 cm³/mol. The molecule has 0 atom stereocenters. The Labute approximate surface area is 121 Å². The van der Waals surface area contributed by atoms with Crippen molar-refractivity contribution in [3.8, 4) is 16.8 Å². The minimum absolute atomic E-state index is 0.191. The summed E-state index contributed by atoms with van der Waals surface area (Å²) in [6, 6.07) is 19.5. The van der Waals surface area contributed by atoms with Crippen LogP contribution in [0.3, 0.4) is 0 Å². The molecule has 0 radical (unpaired) electrons. The highest BCUT2D eigenvalue weighted by atomic mass is 32.1. The molecule has 0 aliphatic carbocycles. The van der Waals surface area contributed by atoms with Gasteiger partial charge in [-0.25, -0.2) is 0 Å². The fourth-order valence-corrected chi connectivity index (χ4v) is 2.41. The molecule has 0 bridgehead atoms. The lowest BCUT2D eigenvalue weighted by Gasteiger charge is -2.12. The number of nitrogens with zero attached hydrogens (tertiary/aromatic N) is 1. The Hall–Kier alpha value is -2.46. The summed E-state index contributed by atoms with van der Waals surface area (Å²) in [5.74, 6) is 0. The predicted octanol–water partition coefficient (Wildman–Crippen LogP) is 3.56. The number of hydrogen-bond donors (Lipinski definition) is 1. The number of para-hydroxylation sites is 1. The third-order valence-corrected chi connectivity index (χ3v) is 3.37. The minimum Gasteiger partial charge on any atom is -0.299 e. The van der Waals surface area contributed by atoms with Crippen LogP contribution in [0.15, 0.2) is 71.7 Å². The molecule has 3 rings (SSSR count). The van der Waals surface area contributed by atoms with Gasteiger partial charge in [-0.3, -0.25) is 14.3 Å². The van der Waals surface area contributed by atoms with Crippen molar-refractivity contribution in [1.82, 2.24) is 9.55 Å². The van der Waals surface area contributed by atoms with Gasteiger partial charge in [0.2, 0.25) is 0 Å². The molecule has 1 aromatic heterocycles. The SMILES string of the molecule is O=c1ccn(-c2ccccc2-c2ccccc2)c(=S)[nH]1. The molecule has 3 aromatic rings. The van der Waals surface area contributed by atoms with Crippen LogP contribution in [0.1, 0.15) is 0 Å². The quantitative estimate of drug-likeness (QED) is 0.729. The third-order valence-electron chi connectivity index (χ3n) is 3.07. The molecule has 0 amide bonds. The standard InChI is InChI=1S/C16H12N2OS/c19-15-10-11-18(16(20)17-15)14-9-5-4-8-13(14)12-6-2-1-3-7-12/h1-11H,(H,17,19,20). The second kappa shape index (κ2) is 5.27. The summed E-state index contributed by atoms with van der Waals surface area (Å²) < 4.78 is 2.19. The summed E-state index contributed by atoms with van der Waals surface area (Å²) in [4.78, 5) is 13.9. The first-order valence-corrected chi connectivity index (χ1v) is 6.63. The highest BCUT2D eigenvalue weighted by molar-refractivity contribution is 7.71. The molecule has 0 fully saturated rings. The Kier molecular flexibility index (Phi) is 3.31. The van der Waals surface area contributed by atoms with Gasteiger partial charge in [-0.1, -0.05) is 48.5 Å². The fourth-order valence-electron chi connectivity index (χ4n) is 2.15. The van der Waals surface area contributed by atoms with Gasteiger partial charge in [0.25, 0.3) is 5.56 Å². The number of hydrogen-bond acceptors (Lipinski definition) is 2. The van der Waals surface area contributed by atoms with Crippen molar-refractivity contribution in [3.05, 3.63) is 82.0 Å². The number of rotatable bonds is 2. The summed E-state index contributed by atoms with van der Waals surface area (Å²) >= 11 is 5.24. The van der Waals surface area contributed by atoms with Crippen molar-refractivity contribution in [2.24, 2.45) is 0 Å². The molecule has 1 heterocycles. The van der Waals surface area contributed by atoms with Gasteiger partial charge in [-0.2, -0.15) is 0 Å². The molecule has 0 unspecified atom stereocenters. The normalized spacial score (nSPS) is 10.4. The molecule has 0 aliphatic rings. The lowest BCUT2D eigenvalue weighted by atomic mass is 10.0. The van der Waals surface area contributed by atoms with E-state index in [9.17, 15) is 4.79 Å². The van der Waals surface area contributed by atoms with E-state index >= 15 is 0 Å². The lowest BCUT2D eigenvalue weighted by Crippen LogP contribution is -2.10. The van der Waals surface area contributed by atoms with Crippen LogP contribution in [0, 0.1) is 4.77 Å². The van der Waals surface area contributed by atoms with Crippen LogP contribution in [0.25, 0.3) is 16.8 Å². The van der Waals surface area contributed by atoms with Crippen molar-refractivity contribution in [2.75, 3.05) is 0 Å². The van der Waals surface area contributed by atoms with Crippen LogP contribution in [-0.4, -0.2) is 9.55 Å². The fraction of sp³-hybridized carbons (Fsp3) is 0. The number of aromatic amines is 1. The average Bonchev–Trinajstić information content (AvgIpc) is 2.48. The molecular formula is C16H12N2OS. The molecule has 2 aromatic carbocycles. The summed E-state index contributed by atoms with van der Waals surface area (Å²) in [7, 11) is 0. The van der Waals surface area contributed by atoms with Gasteiger partial charge in [0.05, 0.1) is 5.69 Å². The van der Waals surface area contributed by atoms with E-state index in [1.165, 1.54) is 6.07 Å². The molecule has 20 heavy (non-hydrogen) atoms. The zero-order valence-corrected chi connectivity index (χ0v) is 11.4. The van der Waals surface area contributed by atoms with Crippen molar-refractivity contribution in [3.63, 3.8) is 0 Å². The van der Waals surface area contributed by atoms with E-state index < -0.39 is 0 Å². The second-order valence-electron chi connectivity index (χ2n) is 4.36. The van der Waals surface area contributed by atoms with Gasteiger partial charge in [0, 0.05) is 17.8 Å². The van der Waals surface area contributed by atoms with Gasteiger partial charge in [0.1, 0.15) is 0 Å². The first-order chi connectivity index (χ1) is 9.75. The number of H-pyrrole nitrogens is 1. The summed E-state index contributed by atoms with van der Waals surface area (Å²) in [5, 5.41) is 0. The average molecular weight is 280 g/mol. The third kappa shape index (κ3) is 2.33. The van der Waals surface area contributed by atoms with Crippen LogP contribution < -0.4 is 5.56 Å². The smallest absolute Gasteiger partial charge is 0.251 e. The second-order valence-corrected chi connectivity index (χ2v) is 4.75. The van der Waals surface area contributed by atoms with E-state index in [-0.39, 0.29) is 5.56 Å². The Morgan fingerprint density at radius 2 is 1.60 bits per heavy atom. The van der Waals surface area contributed by atoms with E-state index in [1.54, 1.807) is 10.8 Å². The number of nitrogens with one attached hydrogen (secondary N) is 1. The summed E-state index contributed by atoms with van der Waals surface area (Å²) in [6.07, 6.45) is 1.70. The molecule has 4 heteroatoms. The van der Waals surface area contributed by atoms with Crippen molar-refractivity contribution in [2.45, 2.75) is 0 Å². The van der Waals surface area contributed by atoms with Crippen molar-refractivity contribution in [1.29, 1.82) is 0 Å². The number of benzene rings is 2. The van der Waals surface area contributed by atoms with E-state index in [1.807, 2.05) is 54.6 Å². The lowest BCUT2D eigenvalue weighted by molar-refractivity contribution is 0.939.